The van der Waals surface area contributed by atoms with Crippen molar-refractivity contribution in [3.8, 4) is 0 Å². The van der Waals surface area contributed by atoms with E-state index in [4.69, 9.17) is 0 Å². The molecule has 4 heteroatoms. The maximum Gasteiger partial charge on any atom is 0.231 e. The first-order valence-corrected chi connectivity index (χ1v) is 8.61. The van der Waals surface area contributed by atoms with Crippen LogP contribution < -0.4 is 0 Å². The van der Waals surface area contributed by atoms with Crippen LogP contribution in [0, 0.1) is 11.8 Å². The molecule has 0 radical (unpaired) electrons. The number of carbonyl (C=O) groups excluding carboxylic acids is 2. The molecule has 0 aliphatic carbocycles. The van der Waals surface area contributed by atoms with Crippen LogP contribution in [0.4, 0.5) is 0 Å². The Morgan fingerprint density at radius 3 is 3.00 bits per heavy atom. The molecule has 1 aromatic heterocycles. The summed E-state index contributed by atoms with van der Waals surface area (Å²) >= 11 is 0. The SMILES string of the molecule is O=CC[C@@H]1C[C@@H]2CC(=O)n3c4c(c5ccccc53)CCN(C1)[C@H]42. The summed E-state index contributed by atoms with van der Waals surface area (Å²) in [5.41, 5.74) is 3.72. The Bertz CT molecular complexity index is 822. The fourth-order valence-electron chi connectivity index (χ4n) is 5.24. The van der Waals surface area contributed by atoms with Gasteiger partial charge in [-0.15, -0.1) is 0 Å². The van der Waals surface area contributed by atoms with Crippen molar-refractivity contribution in [1.82, 2.24) is 9.47 Å². The predicted octanol–water partition coefficient (Wildman–Crippen LogP) is 2.81. The van der Waals surface area contributed by atoms with Crippen molar-refractivity contribution in [3.05, 3.63) is 35.5 Å². The number of hydrogen-bond acceptors (Lipinski definition) is 3. The number of para-hydroxylation sites is 1. The summed E-state index contributed by atoms with van der Waals surface area (Å²) in [6.07, 6.45) is 4.30. The highest BCUT2D eigenvalue weighted by Crippen LogP contribution is 2.49. The van der Waals surface area contributed by atoms with Crippen LogP contribution in [0.2, 0.25) is 0 Å². The van der Waals surface area contributed by atoms with E-state index in [0.717, 1.165) is 37.7 Å². The zero-order chi connectivity index (χ0) is 15.6. The first-order valence-electron chi connectivity index (χ1n) is 8.61. The fourth-order valence-corrected chi connectivity index (χ4v) is 5.24. The normalized spacial score (nSPS) is 29.6. The van der Waals surface area contributed by atoms with Gasteiger partial charge in [0.25, 0.3) is 0 Å². The molecule has 23 heavy (non-hydrogen) atoms. The molecule has 1 fully saturated rings. The van der Waals surface area contributed by atoms with E-state index in [9.17, 15) is 9.59 Å². The van der Waals surface area contributed by atoms with Crippen LogP contribution in [0.3, 0.4) is 0 Å². The second-order valence-electron chi connectivity index (χ2n) is 7.27. The molecular weight excluding hydrogens is 288 g/mol. The lowest BCUT2D eigenvalue weighted by Crippen LogP contribution is -2.50. The quantitative estimate of drug-likeness (QED) is 0.801. The molecule has 0 spiro atoms. The molecule has 0 saturated carbocycles. The van der Waals surface area contributed by atoms with E-state index in [1.54, 1.807) is 0 Å². The molecule has 3 aliphatic rings. The van der Waals surface area contributed by atoms with E-state index in [0.29, 0.717) is 30.7 Å². The van der Waals surface area contributed by atoms with Crippen molar-refractivity contribution in [2.45, 2.75) is 31.7 Å². The van der Waals surface area contributed by atoms with Gasteiger partial charge in [-0.05, 0) is 36.3 Å². The van der Waals surface area contributed by atoms with Crippen molar-refractivity contribution < 1.29 is 9.59 Å². The van der Waals surface area contributed by atoms with Gasteiger partial charge in [-0.3, -0.25) is 14.3 Å². The Morgan fingerprint density at radius 1 is 1.26 bits per heavy atom. The molecule has 5 rings (SSSR count). The van der Waals surface area contributed by atoms with E-state index in [-0.39, 0.29) is 5.91 Å². The highest BCUT2D eigenvalue weighted by atomic mass is 16.2. The monoisotopic (exact) mass is 308 g/mol. The van der Waals surface area contributed by atoms with Crippen LogP contribution in [-0.4, -0.2) is 34.7 Å². The smallest absolute Gasteiger partial charge is 0.231 e. The van der Waals surface area contributed by atoms with Gasteiger partial charge in [-0.25, -0.2) is 0 Å². The number of hydrogen-bond donors (Lipinski definition) is 0. The van der Waals surface area contributed by atoms with Gasteiger partial charge in [0.2, 0.25) is 5.91 Å². The van der Waals surface area contributed by atoms with Crippen molar-refractivity contribution in [3.63, 3.8) is 0 Å². The molecule has 1 saturated heterocycles. The standard InChI is InChI=1S/C19H20N2O2/c22-8-6-12-9-13-10-17(23)21-16-4-2-1-3-14(16)15-5-7-20(11-12)18(13)19(15)21/h1-4,8,12-13,18H,5-7,9-11H2/t12-,13-,18+/m1/s1. The largest absolute Gasteiger partial charge is 0.303 e. The van der Waals surface area contributed by atoms with Crippen molar-refractivity contribution in [2.75, 3.05) is 13.1 Å². The van der Waals surface area contributed by atoms with E-state index in [1.807, 2.05) is 10.6 Å². The zero-order valence-corrected chi connectivity index (χ0v) is 13.1. The van der Waals surface area contributed by atoms with E-state index in [2.05, 4.69) is 23.1 Å². The molecule has 2 aromatic rings. The molecule has 3 aliphatic heterocycles. The molecular formula is C19H20N2O2. The molecule has 118 valence electrons. The first-order chi connectivity index (χ1) is 11.3. The van der Waals surface area contributed by atoms with Crippen LogP contribution in [0.15, 0.2) is 24.3 Å². The van der Waals surface area contributed by atoms with Crippen LogP contribution in [0.1, 0.15) is 41.4 Å². The number of piperidine rings is 1. The van der Waals surface area contributed by atoms with Crippen LogP contribution >= 0.6 is 0 Å². The third-order valence-electron chi connectivity index (χ3n) is 6.03. The van der Waals surface area contributed by atoms with E-state index >= 15 is 0 Å². The average Bonchev–Trinajstić information content (AvgIpc) is 2.89. The molecule has 1 aromatic carbocycles. The molecule has 3 atom stereocenters. The van der Waals surface area contributed by atoms with Gasteiger partial charge in [-0.1, -0.05) is 18.2 Å². The van der Waals surface area contributed by atoms with Crippen molar-refractivity contribution in [2.24, 2.45) is 11.8 Å². The minimum absolute atomic E-state index is 0.234. The van der Waals surface area contributed by atoms with E-state index < -0.39 is 0 Å². The Hall–Kier alpha value is -1.94. The number of aromatic nitrogens is 1. The Kier molecular flexibility index (Phi) is 2.80. The van der Waals surface area contributed by atoms with Gasteiger partial charge in [0.15, 0.2) is 0 Å². The zero-order valence-electron chi connectivity index (χ0n) is 13.1. The van der Waals surface area contributed by atoms with Crippen LogP contribution in [0.5, 0.6) is 0 Å². The van der Waals surface area contributed by atoms with Gasteiger partial charge in [0.1, 0.15) is 6.29 Å². The molecule has 0 amide bonds. The molecule has 0 bridgehead atoms. The summed E-state index contributed by atoms with van der Waals surface area (Å²) in [7, 11) is 0. The lowest BCUT2D eigenvalue weighted by Gasteiger charge is -2.49. The third kappa shape index (κ3) is 1.75. The van der Waals surface area contributed by atoms with Gasteiger partial charge in [0.05, 0.1) is 11.6 Å². The fraction of sp³-hybridized carbons (Fsp3) is 0.474. The second kappa shape index (κ2) is 4.78. The second-order valence-corrected chi connectivity index (χ2v) is 7.27. The topological polar surface area (TPSA) is 42.3 Å². The maximum atomic E-state index is 12.8. The summed E-state index contributed by atoms with van der Waals surface area (Å²) in [6, 6.07) is 8.70. The number of benzene rings is 1. The lowest BCUT2D eigenvalue weighted by molar-refractivity contribution is -0.109. The maximum absolute atomic E-state index is 12.8. The Morgan fingerprint density at radius 2 is 2.13 bits per heavy atom. The highest BCUT2D eigenvalue weighted by molar-refractivity contribution is 5.97. The van der Waals surface area contributed by atoms with Crippen molar-refractivity contribution in [1.29, 1.82) is 0 Å². The van der Waals surface area contributed by atoms with Gasteiger partial charge < -0.3 is 4.79 Å². The average molecular weight is 308 g/mol. The summed E-state index contributed by atoms with van der Waals surface area (Å²) in [5.74, 6) is 1.02. The molecule has 4 nitrogen and oxygen atoms in total. The minimum atomic E-state index is 0.234. The summed E-state index contributed by atoms with van der Waals surface area (Å²) in [4.78, 5) is 26.3. The Labute approximate surface area is 135 Å². The van der Waals surface area contributed by atoms with Crippen LogP contribution in [-0.2, 0) is 11.2 Å². The van der Waals surface area contributed by atoms with Crippen molar-refractivity contribution >= 4 is 23.1 Å². The van der Waals surface area contributed by atoms with Crippen LogP contribution in [0.25, 0.3) is 10.9 Å². The number of fused-ring (bicyclic) bond motifs is 3. The molecule has 4 heterocycles. The Balaban J connectivity index is 1.70. The van der Waals surface area contributed by atoms with E-state index in [1.165, 1.54) is 16.6 Å². The van der Waals surface area contributed by atoms with Gasteiger partial charge in [-0.2, -0.15) is 0 Å². The summed E-state index contributed by atoms with van der Waals surface area (Å²) in [5, 5.41) is 1.26. The minimum Gasteiger partial charge on any atom is -0.303 e. The number of carbonyl (C=O) groups is 2. The highest BCUT2D eigenvalue weighted by Gasteiger charge is 2.46. The molecule has 0 unspecified atom stereocenters. The molecule has 0 N–H and O–H groups in total. The third-order valence-corrected chi connectivity index (χ3v) is 6.03. The van der Waals surface area contributed by atoms with Gasteiger partial charge >= 0.3 is 0 Å². The number of nitrogens with zero attached hydrogens (tertiary/aromatic N) is 2. The van der Waals surface area contributed by atoms with Gasteiger partial charge in [0, 0.05) is 37.0 Å². The summed E-state index contributed by atoms with van der Waals surface area (Å²) in [6.45, 7) is 2.04. The number of rotatable bonds is 2. The number of aldehydes is 1. The lowest BCUT2D eigenvalue weighted by atomic mass is 9.74. The first kappa shape index (κ1) is 13.5. The predicted molar refractivity (Wildman–Crippen MR) is 87.5 cm³/mol. The summed E-state index contributed by atoms with van der Waals surface area (Å²) < 4.78 is 2.00.